The minimum atomic E-state index is -0.549. The summed E-state index contributed by atoms with van der Waals surface area (Å²) in [5.74, 6) is -0.484. The Bertz CT molecular complexity index is 1160. The SMILES string of the molecule is CCCc1ccc(C(NC(=O)CN2C(=O)COc3ccc([N+](=O)[O-])cc32)c2cccs2)cc1. The molecule has 1 aromatic heterocycles. The number of aryl methyl sites for hydroxylation is 1. The third-order valence-corrected chi connectivity index (χ3v) is 6.32. The second-order valence-electron chi connectivity index (χ2n) is 7.69. The summed E-state index contributed by atoms with van der Waals surface area (Å²) in [7, 11) is 0. The lowest BCUT2D eigenvalue weighted by Crippen LogP contribution is -2.45. The maximum atomic E-state index is 13.1. The molecule has 1 unspecified atom stereocenters. The average molecular weight is 466 g/mol. The number of carbonyl (C=O) groups is 2. The van der Waals surface area contributed by atoms with E-state index in [4.69, 9.17) is 4.74 Å². The monoisotopic (exact) mass is 465 g/mol. The highest BCUT2D eigenvalue weighted by molar-refractivity contribution is 7.10. The minimum absolute atomic E-state index is 0.180. The predicted molar refractivity (Wildman–Crippen MR) is 126 cm³/mol. The molecule has 0 bridgehead atoms. The quantitative estimate of drug-likeness (QED) is 0.396. The van der Waals surface area contributed by atoms with Crippen LogP contribution in [0, 0.1) is 10.1 Å². The first-order valence-corrected chi connectivity index (χ1v) is 11.5. The molecule has 2 amide bonds. The van der Waals surface area contributed by atoms with Crippen molar-refractivity contribution in [1.29, 1.82) is 0 Å². The third kappa shape index (κ3) is 5.04. The second-order valence-corrected chi connectivity index (χ2v) is 8.66. The highest BCUT2D eigenvalue weighted by Gasteiger charge is 2.30. The molecule has 2 aromatic carbocycles. The third-order valence-electron chi connectivity index (χ3n) is 5.38. The van der Waals surface area contributed by atoms with E-state index in [1.165, 1.54) is 40.0 Å². The molecule has 2 heterocycles. The Balaban J connectivity index is 1.56. The summed E-state index contributed by atoms with van der Waals surface area (Å²) in [5.41, 5.74) is 2.21. The van der Waals surface area contributed by atoms with Gasteiger partial charge in [0.1, 0.15) is 12.3 Å². The van der Waals surface area contributed by atoms with Crippen LogP contribution in [-0.4, -0.2) is 29.9 Å². The normalized spacial score (nSPS) is 13.7. The van der Waals surface area contributed by atoms with Crippen molar-refractivity contribution >= 4 is 34.5 Å². The van der Waals surface area contributed by atoms with Gasteiger partial charge in [-0.15, -0.1) is 11.3 Å². The van der Waals surface area contributed by atoms with Crippen LogP contribution >= 0.6 is 11.3 Å². The van der Waals surface area contributed by atoms with E-state index >= 15 is 0 Å². The van der Waals surface area contributed by atoms with Crippen molar-refractivity contribution in [2.45, 2.75) is 25.8 Å². The van der Waals surface area contributed by atoms with E-state index in [0.29, 0.717) is 5.75 Å². The van der Waals surface area contributed by atoms with Gasteiger partial charge in [-0.25, -0.2) is 0 Å². The molecule has 3 aromatic rings. The number of ether oxygens (including phenoxy) is 1. The smallest absolute Gasteiger partial charge is 0.271 e. The van der Waals surface area contributed by atoms with E-state index in [2.05, 4.69) is 24.4 Å². The van der Waals surface area contributed by atoms with Crippen LogP contribution in [0.4, 0.5) is 11.4 Å². The van der Waals surface area contributed by atoms with Gasteiger partial charge in [0.2, 0.25) is 5.91 Å². The van der Waals surface area contributed by atoms with Gasteiger partial charge in [-0.3, -0.25) is 24.6 Å². The lowest BCUT2D eigenvalue weighted by Gasteiger charge is -2.29. The number of nitrogens with zero attached hydrogens (tertiary/aromatic N) is 2. The van der Waals surface area contributed by atoms with Crippen LogP contribution in [0.3, 0.4) is 0 Å². The number of benzene rings is 2. The molecule has 1 N–H and O–H groups in total. The number of fused-ring (bicyclic) bond motifs is 1. The molecule has 4 rings (SSSR count). The number of amides is 2. The lowest BCUT2D eigenvalue weighted by atomic mass is 10.0. The summed E-state index contributed by atoms with van der Waals surface area (Å²) in [6, 6.07) is 15.6. The summed E-state index contributed by atoms with van der Waals surface area (Å²) >= 11 is 1.53. The maximum Gasteiger partial charge on any atom is 0.271 e. The van der Waals surface area contributed by atoms with E-state index < -0.39 is 10.8 Å². The summed E-state index contributed by atoms with van der Waals surface area (Å²) in [5, 5.41) is 16.2. The zero-order chi connectivity index (χ0) is 23.4. The molecule has 9 heteroatoms. The lowest BCUT2D eigenvalue weighted by molar-refractivity contribution is -0.384. The van der Waals surface area contributed by atoms with Crippen molar-refractivity contribution < 1.29 is 19.2 Å². The van der Waals surface area contributed by atoms with Crippen LogP contribution in [-0.2, 0) is 16.0 Å². The maximum absolute atomic E-state index is 13.1. The number of rotatable bonds is 8. The number of anilines is 1. The van der Waals surface area contributed by atoms with E-state index in [1.807, 2.05) is 29.6 Å². The fourth-order valence-electron chi connectivity index (χ4n) is 3.77. The molecule has 33 heavy (non-hydrogen) atoms. The summed E-state index contributed by atoms with van der Waals surface area (Å²) in [6.07, 6.45) is 2.04. The number of hydrogen-bond donors (Lipinski definition) is 1. The first kappa shape index (κ1) is 22.5. The topological polar surface area (TPSA) is 102 Å². The van der Waals surface area contributed by atoms with Crippen molar-refractivity contribution in [2.24, 2.45) is 0 Å². The van der Waals surface area contributed by atoms with Gasteiger partial charge in [0.05, 0.1) is 16.7 Å². The molecule has 0 spiro atoms. The number of nitro groups is 1. The van der Waals surface area contributed by atoms with Gasteiger partial charge in [-0.2, -0.15) is 0 Å². The average Bonchev–Trinajstić information content (AvgIpc) is 3.34. The molecule has 170 valence electrons. The molecule has 0 saturated carbocycles. The Hall–Kier alpha value is -3.72. The second kappa shape index (κ2) is 9.83. The number of thiophene rings is 1. The molecule has 1 aliphatic rings. The molecule has 0 radical (unpaired) electrons. The summed E-state index contributed by atoms with van der Waals surface area (Å²) < 4.78 is 5.38. The van der Waals surface area contributed by atoms with Gasteiger partial charge in [-0.05, 0) is 35.1 Å². The number of hydrogen-bond acceptors (Lipinski definition) is 6. The highest BCUT2D eigenvalue weighted by atomic mass is 32.1. The number of nitrogens with one attached hydrogen (secondary N) is 1. The first-order valence-electron chi connectivity index (χ1n) is 10.6. The van der Waals surface area contributed by atoms with Gasteiger partial charge in [0.25, 0.3) is 11.6 Å². The van der Waals surface area contributed by atoms with Crippen LogP contribution in [0.25, 0.3) is 0 Å². The van der Waals surface area contributed by atoms with Gasteiger partial charge >= 0.3 is 0 Å². The zero-order valence-corrected chi connectivity index (χ0v) is 18.8. The molecule has 1 atom stereocenters. The van der Waals surface area contributed by atoms with Crippen LogP contribution < -0.4 is 15.0 Å². The van der Waals surface area contributed by atoms with Crippen LogP contribution in [0.1, 0.15) is 35.4 Å². The molecule has 0 saturated heterocycles. The Kier molecular flexibility index (Phi) is 6.69. The number of nitro benzene ring substituents is 1. The molecular formula is C24H23N3O5S. The Morgan fingerprint density at radius 3 is 2.70 bits per heavy atom. The minimum Gasteiger partial charge on any atom is -0.482 e. The number of non-ortho nitro benzene ring substituents is 1. The van der Waals surface area contributed by atoms with E-state index in [-0.39, 0.29) is 36.5 Å². The standard InChI is InChI=1S/C24H23N3O5S/c1-2-4-16-6-8-17(9-7-16)24(21-5-3-12-33-21)25-22(28)14-26-19-13-18(27(30)31)10-11-20(19)32-15-23(26)29/h3,5-13,24H,2,4,14-15H2,1H3,(H,25,28). The van der Waals surface area contributed by atoms with Gasteiger partial charge < -0.3 is 10.1 Å². The van der Waals surface area contributed by atoms with Gasteiger partial charge in [-0.1, -0.05) is 43.7 Å². The van der Waals surface area contributed by atoms with Crippen molar-refractivity contribution in [2.75, 3.05) is 18.1 Å². The Morgan fingerprint density at radius 2 is 2.03 bits per heavy atom. The largest absolute Gasteiger partial charge is 0.482 e. The fourth-order valence-corrected chi connectivity index (χ4v) is 4.57. The van der Waals surface area contributed by atoms with Crippen LogP contribution in [0.15, 0.2) is 60.0 Å². The molecule has 8 nitrogen and oxygen atoms in total. The first-order chi connectivity index (χ1) is 16.0. The summed E-state index contributed by atoms with van der Waals surface area (Å²) in [6.45, 7) is 1.62. The van der Waals surface area contributed by atoms with Gasteiger partial charge in [0.15, 0.2) is 6.61 Å². The molecule has 1 aliphatic heterocycles. The van der Waals surface area contributed by atoms with Crippen LogP contribution in [0.2, 0.25) is 0 Å². The van der Waals surface area contributed by atoms with E-state index in [1.54, 1.807) is 0 Å². The van der Waals surface area contributed by atoms with Crippen molar-refractivity contribution in [3.63, 3.8) is 0 Å². The van der Waals surface area contributed by atoms with E-state index in [9.17, 15) is 19.7 Å². The molecule has 0 aliphatic carbocycles. The van der Waals surface area contributed by atoms with Crippen LogP contribution in [0.5, 0.6) is 5.75 Å². The number of carbonyl (C=O) groups excluding carboxylic acids is 2. The molecular weight excluding hydrogens is 442 g/mol. The highest BCUT2D eigenvalue weighted by Crippen LogP contribution is 2.35. The van der Waals surface area contributed by atoms with Crippen molar-refractivity contribution in [1.82, 2.24) is 5.32 Å². The zero-order valence-electron chi connectivity index (χ0n) is 18.0. The van der Waals surface area contributed by atoms with E-state index in [0.717, 1.165) is 23.3 Å². The fraction of sp³-hybridized carbons (Fsp3) is 0.250. The Morgan fingerprint density at radius 1 is 1.24 bits per heavy atom. The van der Waals surface area contributed by atoms with Gasteiger partial charge in [0, 0.05) is 17.0 Å². The van der Waals surface area contributed by atoms with Crippen molar-refractivity contribution in [3.8, 4) is 5.75 Å². The van der Waals surface area contributed by atoms with Crippen molar-refractivity contribution in [3.05, 3.63) is 86.1 Å². The molecule has 0 fully saturated rings. The Labute approximate surface area is 194 Å². The predicted octanol–water partition coefficient (Wildman–Crippen LogP) is 4.24. The summed E-state index contributed by atoms with van der Waals surface area (Å²) in [4.78, 5) is 38.4.